The summed E-state index contributed by atoms with van der Waals surface area (Å²) in [5, 5.41) is 6.92. The summed E-state index contributed by atoms with van der Waals surface area (Å²) in [5.41, 5.74) is 2.60. The highest BCUT2D eigenvalue weighted by molar-refractivity contribution is 7.09. The van der Waals surface area contributed by atoms with Gasteiger partial charge in [0.1, 0.15) is 10.8 Å². The number of ether oxygens (including phenoxy) is 1. The Kier molecular flexibility index (Phi) is 3.76. The van der Waals surface area contributed by atoms with Crippen molar-refractivity contribution in [2.45, 2.75) is 31.7 Å². The largest absolute Gasteiger partial charge is 0.497 e. The van der Waals surface area contributed by atoms with Crippen molar-refractivity contribution in [3.63, 3.8) is 0 Å². The van der Waals surface area contributed by atoms with E-state index in [0.717, 1.165) is 30.1 Å². The molecule has 0 bridgehead atoms. The average molecular weight is 288 g/mol. The highest BCUT2D eigenvalue weighted by Crippen LogP contribution is 2.42. The number of benzene rings is 1. The molecular formula is C16H20N2OS. The predicted molar refractivity (Wildman–Crippen MR) is 82.5 cm³/mol. The highest BCUT2D eigenvalue weighted by atomic mass is 32.1. The third-order valence-electron chi connectivity index (χ3n) is 4.05. The van der Waals surface area contributed by atoms with Gasteiger partial charge in [0.05, 0.1) is 12.6 Å². The van der Waals surface area contributed by atoms with Crippen LogP contribution in [0.3, 0.4) is 0 Å². The Morgan fingerprint density at radius 3 is 3.05 bits per heavy atom. The maximum Gasteiger partial charge on any atom is 0.119 e. The van der Waals surface area contributed by atoms with Crippen molar-refractivity contribution >= 4 is 11.3 Å². The Morgan fingerprint density at radius 2 is 2.35 bits per heavy atom. The Hall–Kier alpha value is -1.39. The maximum atomic E-state index is 5.42. The topological polar surface area (TPSA) is 34.2 Å². The molecule has 3 rings (SSSR count). The summed E-state index contributed by atoms with van der Waals surface area (Å²) < 4.78 is 5.42. The van der Waals surface area contributed by atoms with Crippen LogP contribution in [-0.2, 0) is 12.0 Å². The lowest BCUT2D eigenvalue weighted by Crippen LogP contribution is -2.45. The van der Waals surface area contributed by atoms with Gasteiger partial charge in [0, 0.05) is 11.6 Å². The number of fused-ring (bicyclic) bond motifs is 1. The number of hydrogen-bond acceptors (Lipinski definition) is 4. The minimum Gasteiger partial charge on any atom is -0.497 e. The third-order valence-corrected chi connectivity index (χ3v) is 4.99. The predicted octanol–water partition coefficient (Wildman–Crippen LogP) is 3.34. The highest BCUT2D eigenvalue weighted by Gasteiger charge is 2.39. The summed E-state index contributed by atoms with van der Waals surface area (Å²) in [6, 6.07) is 6.44. The van der Waals surface area contributed by atoms with Gasteiger partial charge in [-0.2, -0.15) is 0 Å². The molecule has 1 heterocycles. The van der Waals surface area contributed by atoms with Crippen LogP contribution in [0.4, 0.5) is 0 Å². The van der Waals surface area contributed by atoms with Crippen molar-refractivity contribution in [3.8, 4) is 5.75 Å². The van der Waals surface area contributed by atoms with Crippen LogP contribution < -0.4 is 10.1 Å². The van der Waals surface area contributed by atoms with Crippen LogP contribution in [0.5, 0.6) is 5.75 Å². The fourth-order valence-electron chi connectivity index (χ4n) is 3.19. The van der Waals surface area contributed by atoms with Crippen molar-refractivity contribution in [1.82, 2.24) is 10.3 Å². The fourth-order valence-corrected chi connectivity index (χ4v) is 4.05. The number of hydrogen-bond donors (Lipinski definition) is 1. The maximum absolute atomic E-state index is 5.42. The van der Waals surface area contributed by atoms with Gasteiger partial charge in [0.15, 0.2) is 0 Å². The number of rotatable bonds is 4. The number of methoxy groups -OCH3 is 1. The Bertz CT molecular complexity index is 582. The van der Waals surface area contributed by atoms with Gasteiger partial charge in [-0.25, -0.2) is 4.98 Å². The minimum absolute atomic E-state index is 0.148. The first-order valence-electron chi connectivity index (χ1n) is 7.12. The van der Waals surface area contributed by atoms with E-state index in [2.05, 4.69) is 40.8 Å². The van der Waals surface area contributed by atoms with E-state index in [1.807, 2.05) is 6.20 Å². The zero-order chi connectivity index (χ0) is 14.0. The average Bonchev–Trinajstić information content (AvgIpc) is 3.02. The van der Waals surface area contributed by atoms with Gasteiger partial charge in [-0.1, -0.05) is 13.0 Å². The van der Waals surface area contributed by atoms with Gasteiger partial charge in [-0.3, -0.25) is 0 Å². The van der Waals surface area contributed by atoms with Crippen LogP contribution in [0.25, 0.3) is 0 Å². The van der Waals surface area contributed by atoms with Crippen LogP contribution in [0.1, 0.15) is 35.9 Å². The molecule has 0 saturated heterocycles. The van der Waals surface area contributed by atoms with E-state index < -0.39 is 0 Å². The summed E-state index contributed by atoms with van der Waals surface area (Å²) in [4.78, 5) is 4.60. The molecule has 1 aliphatic rings. The Balaban J connectivity index is 2.17. The molecule has 0 aliphatic heterocycles. The lowest BCUT2D eigenvalue weighted by atomic mass is 9.76. The van der Waals surface area contributed by atoms with E-state index in [4.69, 9.17) is 4.74 Å². The van der Waals surface area contributed by atoms with E-state index in [1.165, 1.54) is 17.5 Å². The monoisotopic (exact) mass is 288 g/mol. The molecule has 0 fully saturated rings. The SMILES string of the molecule is CCNC1(c2nccs2)CCCc2ccc(OC)cc21. The molecule has 1 aromatic carbocycles. The van der Waals surface area contributed by atoms with E-state index in [9.17, 15) is 0 Å². The smallest absolute Gasteiger partial charge is 0.119 e. The standard InChI is InChI=1S/C16H20N2OS/c1-3-18-16(15-17-9-10-20-15)8-4-5-12-6-7-13(19-2)11-14(12)16/h6-7,9-11,18H,3-5,8H2,1-2H3. The molecule has 106 valence electrons. The minimum atomic E-state index is -0.148. The van der Waals surface area contributed by atoms with Crippen molar-refractivity contribution < 1.29 is 4.74 Å². The first-order valence-corrected chi connectivity index (χ1v) is 8.00. The first kappa shape index (κ1) is 13.6. The number of nitrogens with zero attached hydrogens (tertiary/aromatic N) is 1. The summed E-state index contributed by atoms with van der Waals surface area (Å²) in [6.45, 7) is 3.08. The fraction of sp³-hybridized carbons (Fsp3) is 0.438. The molecule has 3 nitrogen and oxygen atoms in total. The Labute approximate surface area is 124 Å². The molecule has 1 atom stereocenters. The van der Waals surface area contributed by atoms with Crippen LogP contribution in [0, 0.1) is 0 Å². The molecular weight excluding hydrogens is 268 g/mol. The van der Waals surface area contributed by atoms with Gasteiger partial charge >= 0.3 is 0 Å². The second kappa shape index (κ2) is 5.54. The van der Waals surface area contributed by atoms with E-state index in [1.54, 1.807) is 18.4 Å². The second-order valence-electron chi connectivity index (χ2n) is 5.15. The summed E-state index contributed by atoms with van der Waals surface area (Å²) in [5.74, 6) is 0.921. The van der Waals surface area contributed by atoms with Crippen LogP contribution in [0.15, 0.2) is 29.8 Å². The lowest BCUT2D eigenvalue weighted by molar-refractivity contribution is 0.346. The molecule has 20 heavy (non-hydrogen) atoms. The summed E-state index contributed by atoms with van der Waals surface area (Å²) in [7, 11) is 1.73. The zero-order valence-corrected chi connectivity index (χ0v) is 12.8. The molecule has 0 saturated carbocycles. The molecule has 1 unspecified atom stereocenters. The second-order valence-corrected chi connectivity index (χ2v) is 6.04. The molecule has 4 heteroatoms. The van der Waals surface area contributed by atoms with Gasteiger partial charge in [-0.15, -0.1) is 11.3 Å². The molecule has 0 spiro atoms. The molecule has 0 amide bonds. The summed E-state index contributed by atoms with van der Waals surface area (Å²) in [6.07, 6.45) is 5.31. The van der Waals surface area contributed by atoms with Gasteiger partial charge in [-0.05, 0) is 49.1 Å². The third kappa shape index (κ3) is 2.13. The van der Waals surface area contributed by atoms with Crippen molar-refractivity contribution in [2.24, 2.45) is 0 Å². The number of aromatic nitrogens is 1. The normalized spacial score (nSPS) is 21.5. The van der Waals surface area contributed by atoms with E-state index >= 15 is 0 Å². The first-order chi connectivity index (χ1) is 9.80. The quantitative estimate of drug-likeness (QED) is 0.937. The molecule has 2 aromatic rings. The van der Waals surface area contributed by atoms with Crippen molar-refractivity contribution in [3.05, 3.63) is 45.9 Å². The molecule has 1 aliphatic carbocycles. The van der Waals surface area contributed by atoms with Crippen LogP contribution in [-0.4, -0.2) is 18.6 Å². The van der Waals surface area contributed by atoms with Crippen LogP contribution in [0.2, 0.25) is 0 Å². The summed E-state index contributed by atoms with van der Waals surface area (Å²) >= 11 is 1.73. The zero-order valence-electron chi connectivity index (χ0n) is 12.0. The number of aryl methyl sites for hydroxylation is 1. The number of nitrogens with one attached hydrogen (secondary N) is 1. The molecule has 1 N–H and O–H groups in total. The number of thiazole rings is 1. The van der Waals surface area contributed by atoms with E-state index in [-0.39, 0.29) is 5.54 Å². The van der Waals surface area contributed by atoms with Crippen molar-refractivity contribution in [2.75, 3.05) is 13.7 Å². The lowest BCUT2D eigenvalue weighted by Gasteiger charge is -2.38. The van der Waals surface area contributed by atoms with Crippen LogP contribution >= 0.6 is 11.3 Å². The molecule has 0 radical (unpaired) electrons. The molecule has 1 aromatic heterocycles. The van der Waals surface area contributed by atoms with Crippen molar-refractivity contribution in [1.29, 1.82) is 0 Å². The van der Waals surface area contributed by atoms with Gasteiger partial charge in [0.2, 0.25) is 0 Å². The Morgan fingerprint density at radius 1 is 1.45 bits per heavy atom. The van der Waals surface area contributed by atoms with Gasteiger partial charge < -0.3 is 10.1 Å². The van der Waals surface area contributed by atoms with E-state index in [0.29, 0.717) is 0 Å². The van der Waals surface area contributed by atoms with Gasteiger partial charge in [0.25, 0.3) is 0 Å².